The molecule has 1 aliphatic heterocycles. The number of likely N-dealkylation sites (tertiary alicyclic amines) is 1. The minimum atomic E-state index is 0. The van der Waals surface area contributed by atoms with Crippen LogP contribution >= 0.6 is 12.4 Å². The molecule has 1 aromatic carbocycles. The Morgan fingerprint density at radius 2 is 1.88 bits per heavy atom. The van der Waals surface area contributed by atoms with E-state index in [1.165, 1.54) is 11.1 Å². The van der Waals surface area contributed by atoms with Gasteiger partial charge in [-0.25, -0.2) is 0 Å². The number of piperidine rings is 1. The molecule has 2 rings (SSSR count). The molecular formula is C13H21ClN2. The maximum Gasteiger partial charge on any atom is 0.0236 e. The third kappa shape index (κ3) is 3.48. The lowest BCUT2D eigenvalue weighted by Gasteiger charge is -2.30. The van der Waals surface area contributed by atoms with Gasteiger partial charge in [0.05, 0.1) is 0 Å². The lowest BCUT2D eigenvalue weighted by Crippen LogP contribution is -2.39. The molecule has 16 heavy (non-hydrogen) atoms. The van der Waals surface area contributed by atoms with Gasteiger partial charge >= 0.3 is 0 Å². The van der Waals surface area contributed by atoms with Crippen LogP contribution in [0.1, 0.15) is 24.0 Å². The van der Waals surface area contributed by atoms with Gasteiger partial charge in [-0.1, -0.05) is 24.3 Å². The SMILES string of the molecule is Cc1ccccc1CN1CCC(N)CC1.Cl. The summed E-state index contributed by atoms with van der Waals surface area (Å²) in [5, 5.41) is 0. The van der Waals surface area contributed by atoms with Crippen LogP contribution in [0.25, 0.3) is 0 Å². The fourth-order valence-electron chi connectivity index (χ4n) is 2.14. The van der Waals surface area contributed by atoms with Crippen molar-refractivity contribution in [2.24, 2.45) is 5.73 Å². The first-order valence-electron chi connectivity index (χ1n) is 5.78. The summed E-state index contributed by atoms with van der Waals surface area (Å²) in [6.07, 6.45) is 2.29. The highest BCUT2D eigenvalue weighted by Gasteiger charge is 2.16. The molecule has 2 N–H and O–H groups in total. The van der Waals surface area contributed by atoms with Crippen LogP contribution in [0.15, 0.2) is 24.3 Å². The first-order valence-corrected chi connectivity index (χ1v) is 5.78. The second-order valence-electron chi connectivity index (χ2n) is 4.54. The minimum Gasteiger partial charge on any atom is -0.328 e. The number of halogens is 1. The van der Waals surface area contributed by atoms with E-state index in [2.05, 4.69) is 36.1 Å². The quantitative estimate of drug-likeness (QED) is 0.860. The summed E-state index contributed by atoms with van der Waals surface area (Å²) in [5.74, 6) is 0. The molecule has 1 saturated heterocycles. The van der Waals surface area contributed by atoms with Crippen LogP contribution in [0.3, 0.4) is 0 Å². The second-order valence-corrected chi connectivity index (χ2v) is 4.54. The van der Waals surface area contributed by atoms with Crippen LogP contribution in [-0.4, -0.2) is 24.0 Å². The molecule has 1 aliphatic rings. The molecule has 1 fully saturated rings. The van der Waals surface area contributed by atoms with E-state index in [4.69, 9.17) is 5.73 Å². The highest BCUT2D eigenvalue weighted by atomic mass is 35.5. The first kappa shape index (κ1) is 13.5. The van der Waals surface area contributed by atoms with Crippen LogP contribution in [0.4, 0.5) is 0 Å². The molecule has 0 bridgehead atoms. The van der Waals surface area contributed by atoms with Gasteiger partial charge in [-0.05, 0) is 44.0 Å². The van der Waals surface area contributed by atoms with Crippen molar-refractivity contribution < 1.29 is 0 Å². The summed E-state index contributed by atoms with van der Waals surface area (Å²) in [5.41, 5.74) is 8.74. The monoisotopic (exact) mass is 240 g/mol. The van der Waals surface area contributed by atoms with E-state index in [0.717, 1.165) is 32.5 Å². The number of rotatable bonds is 2. The van der Waals surface area contributed by atoms with Crippen LogP contribution in [0, 0.1) is 6.92 Å². The number of hydrogen-bond donors (Lipinski definition) is 1. The molecule has 0 aromatic heterocycles. The van der Waals surface area contributed by atoms with Crippen molar-refractivity contribution in [3.05, 3.63) is 35.4 Å². The molecule has 1 aromatic rings. The summed E-state index contributed by atoms with van der Waals surface area (Å²) >= 11 is 0. The third-order valence-corrected chi connectivity index (χ3v) is 3.29. The summed E-state index contributed by atoms with van der Waals surface area (Å²) in [6.45, 7) is 5.56. The Morgan fingerprint density at radius 3 is 2.50 bits per heavy atom. The van der Waals surface area contributed by atoms with Crippen LogP contribution in [0.5, 0.6) is 0 Å². The van der Waals surface area contributed by atoms with Crippen molar-refractivity contribution in [3.63, 3.8) is 0 Å². The number of hydrogen-bond acceptors (Lipinski definition) is 2. The zero-order valence-electron chi connectivity index (χ0n) is 9.86. The number of aryl methyl sites for hydroxylation is 1. The molecule has 1 heterocycles. The van der Waals surface area contributed by atoms with Crippen molar-refractivity contribution in [1.29, 1.82) is 0 Å². The van der Waals surface area contributed by atoms with E-state index >= 15 is 0 Å². The van der Waals surface area contributed by atoms with Gasteiger partial charge in [0, 0.05) is 12.6 Å². The highest BCUT2D eigenvalue weighted by molar-refractivity contribution is 5.85. The van der Waals surface area contributed by atoms with Crippen molar-refractivity contribution in [2.45, 2.75) is 32.4 Å². The van der Waals surface area contributed by atoms with Crippen molar-refractivity contribution in [1.82, 2.24) is 4.90 Å². The predicted molar refractivity (Wildman–Crippen MR) is 70.9 cm³/mol. The van der Waals surface area contributed by atoms with Gasteiger partial charge in [-0.2, -0.15) is 0 Å². The fraction of sp³-hybridized carbons (Fsp3) is 0.538. The van der Waals surface area contributed by atoms with Gasteiger partial charge in [0.1, 0.15) is 0 Å². The molecule has 3 heteroatoms. The molecule has 0 atom stereocenters. The number of nitrogens with zero attached hydrogens (tertiary/aromatic N) is 1. The lowest BCUT2D eigenvalue weighted by atomic mass is 10.0. The summed E-state index contributed by atoms with van der Waals surface area (Å²) in [4.78, 5) is 2.51. The molecule has 90 valence electrons. The summed E-state index contributed by atoms with van der Waals surface area (Å²) in [6, 6.07) is 9.07. The minimum absolute atomic E-state index is 0. The molecule has 0 spiro atoms. The standard InChI is InChI=1S/C13H20N2.ClH/c1-11-4-2-3-5-12(11)10-15-8-6-13(14)7-9-15;/h2-5,13H,6-10,14H2,1H3;1H. The Morgan fingerprint density at radius 1 is 1.25 bits per heavy atom. The van der Waals surface area contributed by atoms with E-state index in [0.29, 0.717) is 6.04 Å². The van der Waals surface area contributed by atoms with Gasteiger partial charge in [0.15, 0.2) is 0 Å². The molecule has 0 radical (unpaired) electrons. The Labute approximate surface area is 104 Å². The van der Waals surface area contributed by atoms with E-state index in [1.54, 1.807) is 0 Å². The van der Waals surface area contributed by atoms with E-state index in [1.807, 2.05) is 0 Å². The molecule has 0 unspecified atom stereocenters. The van der Waals surface area contributed by atoms with Crippen LogP contribution in [0.2, 0.25) is 0 Å². The van der Waals surface area contributed by atoms with E-state index in [-0.39, 0.29) is 12.4 Å². The van der Waals surface area contributed by atoms with Gasteiger partial charge in [0.25, 0.3) is 0 Å². The van der Waals surface area contributed by atoms with Gasteiger partial charge in [0.2, 0.25) is 0 Å². The van der Waals surface area contributed by atoms with Crippen LogP contribution in [-0.2, 0) is 6.54 Å². The molecule has 0 amide bonds. The fourth-order valence-corrected chi connectivity index (χ4v) is 2.14. The smallest absolute Gasteiger partial charge is 0.0236 e. The van der Waals surface area contributed by atoms with E-state index in [9.17, 15) is 0 Å². The van der Waals surface area contributed by atoms with Crippen molar-refractivity contribution in [2.75, 3.05) is 13.1 Å². The molecule has 0 aliphatic carbocycles. The molecular weight excluding hydrogens is 220 g/mol. The van der Waals surface area contributed by atoms with Crippen molar-refractivity contribution >= 4 is 12.4 Å². The zero-order valence-corrected chi connectivity index (χ0v) is 10.7. The first-order chi connectivity index (χ1) is 7.25. The van der Waals surface area contributed by atoms with Crippen molar-refractivity contribution in [3.8, 4) is 0 Å². The zero-order chi connectivity index (χ0) is 10.7. The molecule has 0 saturated carbocycles. The highest BCUT2D eigenvalue weighted by Crippen LogP contribution is 2.14. The summed E-state index contributed by atoms with van der Waals surface area (Å²) < 4.78 is 0. The van der Waals surface area contributed by atoms with Gasteiger partial charge in [-0.3, -0.25) is 4.90 Å². The largest absolute Gasteiger partial charge is 0.328 e. The number of nitrogens with two attached hydrogens (primary N) is 1. The Bertz CT molecular complexity index is 319. The average molecular weight is 241 g/mol. The Hall–Kier alpha value is -0.570. The third-order valence-electron chi connectivity index (χ3n) is 3.29. The topological polar surface area (TPSA) is 29.3 Å². The Kier molecular flexibility index (Phi) is 5.26. The Balaban J connectivity index is 0.00000128. The van der Waals surface area contributed by atoms with Gasteiger partial charge in [-0.15, -0.1) is 12.4 Å². The maximum atomic E-state index is 5.89. The van der Waals surface area contributed by atoms with E-state index < -0.39 is 0 Å². The van der Waals surface area contributed by atoms with Gasteiger partial charge < -0.3 is 5.73 Å². The number of benzene rings is 1. The van der Waals surface area contributed by atoms with Crippen LogP contribution < -0.4 is 5.73 Å². The normalized spacial score (nSPS) is 18.1. The average Bonchev–Trinajstić information content (AvgIpc) is 2.25. The molecule has 2 nitrogen and oxygen atoms in total. The second kappa shape index (κ2) is 6.24. The summed E-state index contributed by atoms with van der Waals surface area (Å²) in [7, 11) is 0. The maximum absolute atomic E-state index is 5.89. The lowest BCUT2D eigenvalue weighted by molar-refractivity contribution is 0.205. The predicted octanol–water partition coefficient (Wildman–Crippen LogP) is 2.34.